The summed E-state index contributed by atoms with van der Waals surface area (Å²) in [6.07, 6.45) is 1.94. The molecule has 2 aliphatic rings. The number of amides is 1. The van der Waals surface area contributed by atoms with Crippen LogP contribution in [0.3, 0.4) is 0 Å². The highest BCUT2D eigenvalue weighted by atomic mass is 16.5. The van der Waals surface area contributed by atoms with Gasteiger partial charge in [-0.3, -0.25) is 9.69 Å². The maximum Gasteiger partial charge on any atom is 0.237 e. The van der Waals surface area contributed by atoms with Crippen molar-refractivity contribution in [3.63, 3.8) is 0 Å². The molecule has 0 spiro atoms. The molecule has 1 amide bonds. The zero-order chi connectivity index (χ0) is 22.8. The fourth-order valence-corrected chi connectivity index (χ4v) is 5.26. The Morgan fingerprint density at radius 1 is 0.909 bits per heavy atom. The Balaban J connectivity index is 1.39. The molecule has 0 aliphatic carbocycles. The number of carbonyl (C=O) groups excluding carboxylic acids is 1. The highest BCUT2D eigenvalue weighted by Gasteiger charge is 2.33. The van der Waals surface area contributed by atoms with Gasteiger partial charge < -0.3 is 14.4 Å². The predicted molar refractivity (Wildman–Crippen MR) is 129 cm³/mol. The van der Waals surface area contributed by atoms with E-state index in [9.17, 15) is 4.79 Å². The summed E-state index contributed by atoms with van der Waals surface area (Å²) in [5, 5.41) is 0. The molecule has 0 bridgehead atoms. The topological polar surface area (TPSA) is 42.0 Å². The number of fused-ring (bicyclic) bond motifs is 3. The molecule has 3 aromatic carbocycles. The van der Waals surface area contributed by atoms with Crippen LogP contribution in [0, 0.1) is 0 Å². The molecule has 1 fully saturated rings. The lowest BCUT2D eigenvalue weighted by Crippen LogP contribution is -2.39. The molecule has 0 N–H and O–H groups in total. The van der Waals surface area contributed by atoms with Crippen LogP contribution in [0.25, 0.3) is 11.1 Å². The van der Waals surface area contributed by atoms with Crippen molar-refractivity contribution in [1.82, 2.24) is 9.80 Å². The van der Waals surface area contributed by atoms with Gasteiger partial charge in [-0.25, -0.2) is 0 Å². The van der Waals surface area contributed by atoms with Gasteiger partial charge in [0.05, 0.1) is 26.8 Å². The van der Waals surface area contributed by atoms with Gasteiger partial charge in [0.2, 0.25) is 5.91 Å². The number of nitrogens with zero attached hydrogens (tertiary/aromatic N) is 2. The van der Waals surface area contributed by atoms with Gasteiger partial charge in [-0.2, -0.15) is 0 Å². The number of rotatable bonds is 5. The number of hydrogen-bond acceptors (Lipinski definition) is 4. The Kier molecular flexibility index (Phi) is 6.05. The lowest BCUT2D eigenvalue weighted by atomic mass is 9.97. The van der Waals surface area contributed by atoms with Crippen molar-refractivity contribution < 1.29 is 14.3 Å². The Morgan fingerprint density at radius 2 is 1.58 bits per heavy atom. The summed E-state index contributed by atoms with van der Waals surface area (Å²) in [6, 6.07) is 23.0. The molecule has 5 rings (SSSR count). The molecule has 5 heteroatoms. The van der Waals surface area contributed by atoms with Crippen LogP contribution >= 0.6 is 0 Å². The second-order valence-corrected chi connectivity index (χ2v) is 8.81. The standard InChI is InChI=1S/C28H30N2O3/c1-32-22-13-14-25(27(16-22)33-2)26-12-7-15-30(26)28(31)19-29-17-20-8-3-5-10-23(20)24-11-6-4-9-21(24)18-29/h3-6,8-11,13-14,16,26H,7,12,15,17-19H2,1-2H3. The highest BCUT2D eigenvalue weighted by Crippen LogP contribution is 2.39. The molecule has 1 unspecified atom stereocenters. The molecule has 2 aliphatic heterocycles. The van der Waals surface area contributed by atoms with E-state index in [4.69, 9.17) is 9.47 Å². The highest BCUT2D eigenvalue weighted by molar-refractivity contribution is 5.80. The minimum absolute atomic E-state index is 0.0323. The van der Waals surface area contributed by atoms with Gasteiger partial charge in [-0.1, -0.05) is 48.5 Å². The molecule has 2 heterocycles. The predicted octanol–water partition coefficient (Wildman–Crippen LogP) is 5.05. The molecule has 0 radical (unpaired) electrons. The Morgan fingerprint density at radius 3 is 2.21 bits per heavy atom. The van der Waals surface area contributed by atoms with Crippen LogP contribution in [-0.2, 0) is 17.9 Å². The average molecular weight is 443 g/mol. The Hall–Kier alpha value is -3.31. The average Bonchev–Trinajstić information content (AvgIpc) is 3.28. The first-order chi connectivity index (χ1) is 16.2. The van der Waals surface area contributed by atoms with Crippen LogP contribution in [0.4, 0.5) is 0 Å². The molecule has 1 saturated heterocycles. The van der Waals surface area contributed by atoms with Crippen molar-refractivity contribution in [3.8, 4) is 22.6 Å². The summed E-state index contributed by atoms with van der Waals surface area (Å²) >= 11 is 0. The molecule has 0 aromatic heterocycles. The zero-order valence-electron chi connectivity index (χ0n) is 19.3. The van der Waals surface area contributed by atoms with Crippen LogP contribution in [0.15, 0.2) is 66.7 Å². The third-order valence-electron chi connectivity index (χ3n) is 6.84. The maximum atomic E-state index is 13.6. The van der Waals surface area contributed by atoms with E-state index >= 15 is 0 Å². The van der Waals surface area contributed by atoms with E-state index < -0.39 is 0 Å². The second kappa shape index (κ2) is 9.28. The second-order valence-electron chi connectivity index (χ2n) is 8.81. The van der Waals surface area contributed by atoms with E-state index in [1.54, 1.807) is 14.2 Å². The van der Waals surface area contributed by atoms with Crippen molar-refractivity contribution >= 4 is 5.91 Å². The van der Waals surface area contributed by atoms with Gasteiger partial charge in [0, 0.05) is 31.3 Å². The van der Waals surface area contributed by atoms with Crippen molar-refractivity contribution in [2.75, 3.05) is 27.3 Å². The van der Waals surface area contributed by atoms with Crippen molar-refractivity contribution in [1.29, 1.82) is 0 Å². The third kappa shape index (κ3) is 4.21. The van der Waals surface area contributed by atoms with E-state index in [1.165, 1.54) is 22.3 Å². The number of benzene rings is 3. The molecule has 33 heavy (non-hydrogen) atoms. The monoisotopic (exact) mass is 442 g/mol. The van der Waals surface area contributed by atoms with E-state index in [2.05, 4.69) is 53.4 Å². The quantitative estimate of drug-likeness (QED) is 0.555. The number of likely N-dealkylation sites (tertiary alicyclic amines) is 1. The van der Waals surface area contributed by atoms with Crippen molar-refractivity contribution in [2.24, 2.45) is 0 Å². The fourth-order valence-electron chi connectivity index (χ4n) is 5.26. The summed E-state index contributed by atoms with van der Waals surface area (Å²) in [4.78, 5) is 17.9. The molecular weight excluding hydrogens is 412 g/mol. The minimum atomic E-state index is 0.0323. The largest absolute Gasteiger partial charge is 0.497 e. The molecule has 5 nitrogen and oxygen atoms in total. The first-order valence-electron chi connectivity index (χ1n) is 11.6. The molecule has 0 saturated carbocycles. The van der Waals surface area contributed by atoms with Crippen LogP contribution in [0.2, 0.25) is 0 Å². The Bertz CT molecular complexity index is 1110. The SMILES string of the molecule is COc1ccc(C2CCCN2C(=O)CN2Cc3ccccc3-c3ccccc3C2)c(OC)c1. The number of carbonyl (C=O) groups is 1. The van der Waals surface area contributed by atoms with E-state index in [1.807, 2.05) is 23.1 Å². The number of ether oxygens (including phenoxy) is 2. The lowest BCUT2D eigenvalue weighted by molar-refractivity contribution is -0.133. The van der Waals surface area contributed by atoms with Gasteiger partial charge in [-0.15, -0.1) is 0 Å². The van der Waals surface area contributed by atoms with E-state index in [-0.39, 0.29) is 11.9 Å². The van der Waals surface area contributed by atoms with Crippen LogP contribution < -0.4 is 9.47 Å². The normalized spacial score (nSPS) is 17.8. The summed E-state index contributed by atoms with van der Waals surface area (Å²) in [5.74, 6) is 1.71. The van der Waals surface area contributed by atoms with Gasteiger partial charge >= 0.3 is 0 Å². The number of methoxy groups -OCH3 is 2. The Labute approximate surface area is 195 Å². The van der Waals surface area contributed by atoms with Gasteiger partial charge in [0.1, 0.15) is 11.5 Å². The minimum Gasteiger partial charge on any atom is -0.497 e. The van der Waals surface area contributed by atoms with Crippen molar-refractivity contribution in [2.45, 2.75) is 32.0 Å². The van der Waals surface area contributed by atoms with E-state index in [0.717, 1.165) is 49.5 Å². The van der Waals surface area contributed by atoms with Crippen LogP contribution in [0.1, 0.15) is 35.6 Å². The molecule has 1 atom stereocenters. The first-order valence-corrected chi connectivity index (χ1v) is 11.6. The first kappa shape index (κ1) is 21.5. The summed E-state index contributed by atoms with van der Waals surface area (Å²) in [7, 11) is 3.32. The summed E-state index contributed by atoms with van der Waals surface area (Å²) < 4.78 is 11.0. The molecule has 3 aromatic rings. The fraction of sp³-hybridized carbons (Fsp3) is 0.321. The summed E-state index contributed by atoms with van der Waals surface area (Å²) in [5.41, 5.74) is 6.13. The zero-order valence-corrected chi connectivity index (χ0v) is 19.3. The summed E-state index contributed by atoms with van der Waals surface area (Å²) in [6.45, 7) is 2.71. The smallest absolute Gasteiger partial charge is 0.237 e. The van der Waals surface area contributed by atoms with E-state index in [0.29, 0.717) is 6.54 Å². The third-order valence-corrected chi connectivity index (χ3v) is 6.84. The van der Waals surface area contributed by atoms with Crippen molar-refractivity contribution in [3.05, 3.63) is 83.4 Å². The maximum absolute atomic E-state index is 13.6. The van der Waals surface area contributed by atoms with Gasteiger partial charge in [0.15, 0.2) is 0 Å². The van der Waals surface area contributed by atoms with Crippen LogP contribution in [0.5, 0.6) is 11.5 Å². The van der Waals surface area contributed by atoms with Gasteiger partial charge in [0.25, 0.3) is 0 Å². The van der Waals surface area contributed by atoms with Gasteiger partial charge in [-0.05, 0) is 47.2 Å². The number of hydrogen-bond donors (Lipinski definition) is 0. The molecule has 170 valence electrons. The lowest BCUT2D eigenvalue weighted by Gasteiger charge is -2.29. The van der Waals surface area contributed by atoms with Crippen LogP contribution in [-0.4, -0.2) is 43.0 Å². The molecular formula is C28H30N2O3.